The van der Waals surface area contributed by atoms with Gasteiger partial charge in [0.25, 0.3) is 0 Å². The Morgan fingerprint density at radius 2 is 1.63 bits per heavy atom. The van der Waals surface area contributed by atoms with Crippen molar-refractivity contribution >= 4 is 10.8 Å². The number of fused-ring (bicyclic) bond motifs is 1. The molecule has 0 N–H and O–H groups in total. The smallest absolute Gasteiger partial charge is 0.184 e. The summed E-state index contributed by atoms with van der Waals surface area (Å²) in [5.74, 6) is 0. The molecule has 0 unspecified atom stereocenters. The van der Waals surface area contributed by atoms with Crippen LogP contribution in [0.25, 0.3) is 10.8 Å². The first kappa shape index (κ1) is 11.4. The van der Waals surface area contributed by atoms with E-state index in [1.54, 1.807) is 0 Å². The van der Waals surface area contributed by atoms with E-state index in [2.05, 4.69) is 42.5 Å². The highest BCUT2D eigenvalue weighted by Crippen LogP contribution is 2.46. The molecule has 2 heteroatoms. The summed E-state index contributed by atoms with van der Waals surface area (Å²) >= 11 is 0. The molecule has 2 aromatic rings. The maximum Gasteiger partial charge on any atom is 0.184 e. The third-order valence-electron chi connectivity index (χ3n) is 4.57. The molecule has 2 fully saturated rings. The van der Waals surface area contributed by atoms with Crippen molar-refractivity contribution in [1.82, 2.24) is 0 Å². The fourth-order valence-corrected chi connectivity index (χ4v) is 3.20. The van der Waals surface area contributed by atoms with Crippen molar-refractivity contribution in [3.05, 3.63) is 48.0 Å². The lowest BCUT2D eigenvalue weighted by atomic mass is 9.69. The van der Waals surface area contributed by atoms with E-state index in [4.69, 9.17) is 9.47 Å². The summed E-state index contributed by atoms with van der Waals surface area (Å²) in [5, 5.41) is 2.48. The van der Waals surface area contributed by atoms with Gasteiger partial charge in [-0.1, -0.05) is 48.9 Å². The van der Waals surface area contributed by atoms with Crippen LogP contribution in [-0.4, -0.2) is 13.2 Å². The van der Waals surface area contributed by atoms with Gasteiger partial charge in [-0.25, -0.2) is 0 Å². The van der Waals surface area contributed by atoms with Crippen molar-refractivity contribution in [2.75, 3.05) is 13.2 Å². The van der Waals surface area contributed by atoms with E-state index in [9.17, 15) is 0 Å². The highest BCUT2D eigenvalue weighted by atomic mass is 16.7. The first-order valence-corrected chi connectivity index (χ1v) is 7.07. The van der Waals surface area contributed by atoms with Crippen LogP contribution in [0.1, 0.15) is 31.1 Å². The van der Waals surface area contributed by atoms with Crippen molar-refractivity contribution in [1.29, 1.82) is 0 Å². The summed E-state index contributed by atoms with van der Waals surface area (Å²) in [6.45, 7) is 1.70. The third-order valence-corrected chi connectivity index (χ3v) is 4.57. The standard InChI is InChI=1S/C17H18O2/c1-2-7-14-13(5-1)6-3-8-15(14)16-18-11-17(12-19-16)9-4-10-17/h1-3,5-8,16H,4,9-12H2. The second-order valence-corrected chi connectivity index (χ2v) is 5.88. The molecule has 2 aromatic carbocycles. The summed E-state index contributed by atoms with van der Waals surface area (Å²) in [4.78, 5) is 0. The van der Waals surface area contributed by atoms with Crippen LogP contribution in [0.3, 0.4) is 0 Å². The first-order valence-electron chi connectivity index (χ1n) is 7.07. The van der Waals surface area contributed by atoms with Crippen LogP contribution in [0.15, 0.2) is 42.5 Å². The Morgan fingerprint density at radius 3 is 2.37 bits per heavy atom. The molecule has 0 amide bonds. The van der Waals surface area contributed by atoms with Gasteiger partial charge in [-0.2, -0.15) is 0 Å². The SMILES string of the molecule is c1ccc2c(C3OCC4(CCC4)CO3)cccc2c1. The molecule has 0 bridgehead atoms. The Labute approximate surface area is 113 Å². The molecule has 2 aliphatic rings. The number of rotatable bonds is 1. The summed E-state index contributed by atoms with van der Waals surface area (Å²) in [6, 6.07) is 14.7. The van der Waals surface area contributed by atoms with Gasteiger partial charge in [-0.3, -0.25) is 0 Å². The van der Waals surface area contributed by atoms with Crippen LogP contribution in [0.2, 0.25) is 0 Å². The molecule has 2 nitrogen and oxygen atoms in total. The molecule has 0 radical (unpaired) electrons. The number of hydrogen-bond donors (Lipinski definition) is 0. The van der Waals surface area contributed by atoms with E-state index in [0.717, 1.165) is 18.8 Å². The van der Waals surface area contributed by atoms with Gasteiger partial charge in [0, 0.05) is 11.0 Å². The van der Waals surface area contributed by atoms with Crippen molar-refractivity contribution < 1.29 is 9.47 Å². The first-order chi connectivity index (χ1) is 9.36. The monoisotopic (exact) mass is 254 g/mol. The Balaban J connectivity index is 1.64. The molecule has 1 heterocycles. The number of ether oxygens (including phenoxy) is 2. The van der Waals surface area contributed by atoms with Crippen LogP contribution in [0.4, 0.5) is 0 Å². The summed E-state index contributed by atoms with van der Waals surface area (Å²) in [7, 11) is 0. The maximum atomic E-state index is 6.01. The van der Waals surface area contributed by atoms with Crippen molar-refractivity contribution in [2.24, 2.45) is 5.41 Å². The van der Waals surface area contributed by atoms with Crippen LogP contribution in [0, 0.1) is 5.41 Å². The average Bonchev–Trinajstić information content (AvgIpc) is 2.45. The highest BCUT2D eigenvalue weighted by molar-refractivity contribution is 5.85. The van der Waals surface area contributed by atoms with Crippen LogP contribution in [-0.2, 0) is 9.47 Å². The molecule has 0 aromatic heterocycles. The second kappa shape index (κ2) is 4.32. The fraction of sp³-hybridized carbons (Fsp3) is 0.412. The maximum absolute atomic E-state index is 6.01. The van der Waals surface area contributed by atoms with E-state index in [0.29, 0.717) is 5.41 Å². The minimum Gasteiger partial charge on any atom is -0.348 e. The Morgan fingerprint density at radius 1 is 0.895 bits per heavy atom. The van der Waals surface area contributed by atoms with Gasteiger partial charge in [-0.05, 0) is 23.6 Å². The van der Waals surface area contributed by atoms with Gasteiger partial charge in [-0.15, -0.1) is 0 Å². The van der Waals surface area contributed by atoms with Crippen LogP contribution < -0.4 is 0 Å². The van der Waals surface area contributed by atoms with E-state index in [1.165, 1.54) is 30.0 Å². The van der Waals surface area contributed by atoms with Gasteiger partial charge in [0.1, 0.15) is 0 Å². The van der Waals surface area contributed by atoms with Crippen molar-refractivity contribution in [2.45, 2.75) is 25.6 Å². The van der Waals surface area contributed by atoms with Crippen molar-refractivity contribution in [3.8, 4) is 0 Å². The molecule has 1 saturated heterocycles. The quantitative estimate of drug-likeness (QED) is 0.764. The fourth-order valence-electron chi connectivity index (χ4n) is 3.20. The summed E-state index contributed by atoms with van der Waals surface area (Å²) < 4.78 is 12.0. The topological polar surface area (TPSA) is 18.5 Å². The lowest BCUT2D eigenvalue weighted by molar-refractivity contribution is -0.249. The van der Waals surface area contributed by atoms with Gasteiger partial charge >= 0.3 is 0 Å². The molecule has 1 aliphatic heterocycles. The lowest BCUT2D eigenvalue weighted by Crippen LogP contribution is -2.43. The molecule has 1 spiro atoms. The molecule has 0 atom stereocenters. The normalized spacial score (nSPS) is 22.5. The predicted molar refractivity (Wildman–Crippen MR) is 74.9 cm³/mol. The third kappa shape index (κ3) is 1.87. The summed E-state index contributed by atoms with van der Waals surface area (Å²) in [5.41, 5.74) is 1.49. The zero-order chi connectivity index (χ0) is 12.7. The van der Waals surface area contributed by atoms with Gasteiger partial charge in [0.15, 0.2) is 6.29 Å². The summed E-state index contributed by atoms with van der Waals surface area (Å²) in [6.07, 6.45) is 3.65. The minimum absolute atomic E-state index is 0.197. The number of hydrogen-bond acceptors (Lipinski definition) is 2. The van der Waals surface area contributed by atoms with E-state index in [1.807, 2.05) is 0 Å². The van der Waals surface area contributed by atoms with Crippen molar-refractivity contribution in [3.63, 3.8) is 0 Å². The molecular formula is C17H18O2. The Bertz CT molecular complexity index is 586. The molecule has 4 rings (SSSR count). The molecule has 19 heavy (non-hydrogen) atoms. The molecule has 98 valence electrons. The largest absolute Gasteiger partial charge is 0.348 e. The van der Waals surface area contributed by atoms with Crippen LogP contribution in [0.5, 0.6) is 0 Å². The van der Waals surface area contributed by atoms with E-state index in [-0.39, 0.29) is 6.29 Å². The highest BCUT2D eigenvalue weighted by Gasteiger charge is 2.42. The zero-order valence-electron chi connectivity index (χ0n) is 11.0. The molecule has 1 saturated carbocycles. The molecular weight excluding hydrogens is 236 g/mol. The predicted octanol–water partition coefficient (Wildman–Crippen LogP) is 4.06. The van der Waals surface area contributed by atoms with Gasteiger partial charge in [0.05, 0.1) is 13.2 Å². The number of benzene rings is 2. The Kier molecular flexibility index (Phi) is 2.61. The zero-order valence-corrected chi connectivity index (χ0v) is 11.0. The average molecular weight is 254 g/mol. The van der Waals surface area contributed by atoms with E-state index < -0.39 is 0 Å². The second-order valence-electron chi connectivity index (χ2n) is 5.88. The minimum atomic E-state index is -0.197. The lowest BCUT2D eigenvalue weighted by Gasteiger charge is -2.46. The Hall–Kier alpha value is -1.38. The molecule has 1 aliphatic carbocycles. The van der Waals surface area contributed by atoms with Crippen LogP contribution >= 0.6 is 0 Å². The van der Waals surface area contributed by atoms with E-state index >= 15 is 0 Å². The van der Waals surface area contributed by atoms with Gasteiger partial charge in [0.2, 0.25) is 0 Å². The van der Waals surface area contributed by atoms with Gasteiger partial charge < -0.3 is 9.47 Å².